The SMILES string of the molecule is CC(C)(C)c1nc(CNC(=O)NCC2(CO)CC2)no1. The molecule has 0 aromatic carbocycles. The number of hydrogen-bond acceptors (Lipinski definition) is 5. The van der Waals surface area contributed by atoms with E-state index in [1.54, 1.807) is 0 Å². The summed E-state index contributed by atoms with van der Waals surface area (Å²) in [5, 5.41) is 18.4. The highest BCUT2D eigenvalue weighted by molar-refractivity contribution is 5.73. The number of carbonyl (C=O) groups is 1. The lowest BCUT2D eigenvalue weighted by molar-refractivity contribution is 0.203. The fourth-order valence-corrected chi connectivity index (χ4v) is 1.69. The molecule has 0 radical (unpaired) electrons. The van der Waals surface area contributed by atoms with Gasteiger partial charge in [-0.2, -0.15) is 4.98 Å². The molecule has 1 saturated carbocycles. The molecule has 7 heteroatoms. The number of nitrogens with one attached hydrogen (secondary N) is 2. The lowest BCUT2D eigenvalue weighted by Gasteiger charge is -2.12. The van der Waals surface area contributed by atoms with Crippen LogP contribution in [0.3, 0.4) is 0 Å². The van der Waals surface area contributed by atoms with E-state index in [9.17, 15) is 4.79 Å². The smallest absolute Gasteiger partial charge is 0.315 e. The van der Waals surface area contributed by atoms with E-state index in [1.807, 2.05) is 20.8 Å². The number of aromatic nitrogens is 2. The average molecular weight is 282 g/mol. The number of urea groups is 1. The maximum absolute atomic E-state index is 11.6. The number of nitrogens with zero attached hydrogens (tertiary/aromatic N) is 2. The van der Waals surface area contributed by atoms with E-state index in [0.717, 1.165) is 12.8 Å². The summed E-state index contributed by atoms with van der Waals surface area (Å²) in [4.78, 5) is 15.9. The van der Waals surface area contributed by atoms with Crippen LogP contribution in [0.5, 0.6) is 0 Å². The van der Waals surface area contributed by atoms with Gasteiger partial charge >= 0.3 is 6.03 Å². The highest BCUT2D eigenvalue weighted by Crippen LogP contribution is 2.44. The number of hydrogen-bond donors (Lipinski definition) is 3. The first-order valence-corrected chi connectivity index (χ1v) is 6.80. The van der Waals surface area contributed by atoms with Crippen LogP contribution in [0.15, 0.2) is 4.52 Å². The van der Waals surface area contributed by atoms with E-state index in [0.29, 0.717) is 18.3 Å². The van der Waals surface area contributed by atoms with Crippen molar-refractivity contribution >= 4 is 6.03 Å². The highest BCUT2D eigenvalue weighted by Gasteiger charge is 2.42. The number of aliphatic hydroxyl groups excluding tert-OH is 1. The van der Waals surface area contributed by atoms with Crippen LogP contribution in [-0.2, 0) is 12.0 Å². The zero-order chi connectivity index (χ0) is 14.8. The zero-order valence-electron chi connectivity index (χ0n) is 12.2. The third-order valence-electron chi connectivity index (χ3n) is 3.43. The molecule has 3 N–H and O–H groups in total. The Bertz CT molecular complexity index is 474. The van der Waals surface area contributed by atoms with Crippen LogP contribution < -0.4 is 10.6 Å². The number of amides is 2. The molecule has 1 aromatic rings. The Balaban J connectivity index is 1.74. The summed E-state index contributed by atoms with van der Waals surface area (Å²) < 4.78 is 5.14. The predicted molar refractivity (Wildman–Crippen MR) is 72.0 cm³/mol. The first kappa shape index (κ1) is 14.8. The fourth-order valence-electron chi connectivity index (χ4n) is 1.69. The van der Waals surface area contributed by atoms with Gasteiger partial charge in [-0.05, 0) is 12.8 Å². The van der Waals surface area contributed by atoms with Gasteiger partial charge in [0.2, 0.25) is 5.89 Å². The molecule has 2 amide bonds. The third-order valence-corrected chi connectivity index (χ3v) is 3.43. The van der Waals surface area contributed by atoms with Gasteiger partial charge < -0.3 is 20.3 Å². The first-order chi connectivity index (χ1) is 9.35. The van der Waals surface area contributed by atoms with E-state index >= 15 is 0 Å². The molecule has 0 bridgehead atoms. The molecule has 20 heavy (non-hydrogen) atoms. The molecule has 7 nitrogen and oxygen atoms in total. The molecule has 1 aliphatic carbocycles. The normalized spacial score (nSPS) is 16.8. The van der Waals surface area contributed by atoms with Crippen molar-refractivity contribution < 1.29 is 14.4 Å². The van der Waals surface area contributed by atoms with Crippen molar-refractivity contribution in [1.29, 1.82) is 0 Å². The topological polar surface area (TPSA) is 100 Å². The Hall–Kier alpha value is -1.63. The Kier molecular flexibility index (Phi) is 3.99. The van der Waals surface area contributed by atoms with Gasteiger partial charge in [-0.3, -0.25) is 0 Å². The van der Waals surface area contributed by atoms with E-state index in [2.05, 4.69) is 20.8 Å². The van der Waals surface area contributed by atoms with E-state index in [1.165, 1.54) is 0 Å². The van der Waals surface area contributed by atoms with Crippen LogP contribution >= 0.6 is 0 Å². The van der Waals surface area contributed by atoms with Gasteiger partial charge in [0.25, 0.3) is 0 Å². The minimum Gasteiger partial charge on any atom is -0.396 e. The Morgan fingerprint density at radius 3 is 2.60 bits per heavy atom. The van der Waals surface area contributed by atoms with Gasteiger partial charge in [0.05, 0.1) is 13.2 Å². The van der Waals surface area contributed by atoms with Gasteiger partial charge in [0.1, 0.15) is 0 Å². The monoisotopic (exact) mass is 282 g/mol. The molecule has 112 valence electrons. The van der Waals surface area contributed by atoms with Gasteiger partial charge in [-0.15, -0.1) is 0 Å². The zero-order valence-corrected chi connectivity index (χ0v) is 12.2. The molecule has 1 aromatic heterocycles. The first-order valence-electron chi connectivity index (χ1n) is 6.80. The molecule has 1 aliphatic rings. The largest absolute Gasteiger partial charge is 0.396 e. The van der Waals surface area contributed by atoms with Crippen LogP contribution in [0.4, 0.5) is 4.79 Å². The van der Waals surface area contributed by atoms with Crippen LogP contribution in [0.2, 0.25) is 0 Å². The van der Waals surface area contributed by atoms with Gasteiger partial charge in [-0.1, -0.05) is 25.9 Å². The van der Waals surface area contributed by atoms with Crippen molar-refractivity contribution in [3.05, 3.63) is 11.7 Å². The molecule has 2 rings (SSSR count). The number of rotatable bonds is 5. The molecule has 0 spiro atoms. The summed E-state index contributed by atoms with van der Waals surface area (Å²) in [7, 11) is 0. The van der Waals surface area contributed by atoms with Crippen molar-refractivity contribution in [2.75, 3.05) is 13.2 Å². The summed E-state index contributed by atoms with van der Waals surface area (Å²) in [5.74, 6) is 1.00. The summed E-state index contributed by atoms with van der Waals surface area (Å²) in [6.45, 7) is 6.77. The maximum atomic E-state index is 11.6. The summed E-state index contributed by atoms with van der Waals surface area (Å²) >= 11 is 0. The molecule has 0 unspecified atom stereocenters. The third kappa shape index (κ3) is 3.69. The molecule has 0 atom stereocenters. The second-order valence-corrected chi connectivity index (χ2v) is 6.46. The Morgan fingerprint density at radius 2 is 2.10 bits per heavy atom. The Labute approximate surface area is 118 Å². The highest BCUT2D eigenvalue weighted by atomic mass is 16.5. The quantitative estimate of drug-likeness (QED) is 0.746. The second kappa shape index (κ2) is 5.40. The summed E-state index contributed by atoms with van der Waals surface area (Å²) in [5.41, 5.74) is -0.296. The van der Waals surface area contributed by atoms with E-state index in [4.69, 9.17) is 9.63 Å². The van der Waals surface area contributed by atoms with Gasteiger partial charge in [0, 0.05) is 17.4 Å². The van der Waals surface area contributed by atoms with Crippen LogP contribution in [-0.4, -0.2) is 34.4 Å². The van der Waals surface area contributed by atoms with E-state index < -0.39 is 0 Å². The number of carbonyl (C=O) groups excluding carboxylic acids is 1. The molecule has 0 saturated heterocycles. The molecular formula is C13H22N4O3. The van der Waals surface area contributed by atoms with Crippen molar-refractivity contribution in [3.8, 4) is 0 Å². The lowest BCUT2D eigenvalue weighted by Crippen LogP contribution is -2.39. The maximum Gasteiger partial charge on any atom is 0.315 e. The molecule has 1 fully saturated rings. The van der Waals surface area contributed by atoms with Crippen LogP contribution in [0, 0.1) is 5.41 Å². The predicted octanol–water partition coefficient (Wildman–Crippen LogP) is 0.939. The van der Waals surface area contributed by atoms with Crippen molar-refractivity contribution in [2.45, 2.75) is 45.6 Å². The van der Waals surface area contributed by atoms with Gasteiger partial charge in [0.15, 0.2) is 5.82 Å². The molecule has 0 aliphatic heterocycles. The minimum atomic E-state index is -0.285. The average Bonchev–Trinajstić information content (AvgIpc) is 3.00. The Morgan fingerprint density at radius 1 is 1.40 bits per heavy atom. The van der Waals surface area contributed by atoms with Gasteiger partial charge in [-0.25, -0.2) is 4.79 Å². The van der Waals surface area contributed by atoms with Crippen LogP contribution in [0.25, 0.3) is 0 Å². The second-order valence-electron chi connectivity index (χ2n) is 6.46. The minimum absolute atomic E-state index is 0.0944. The summed E-state index contributed by atoms with van der Waals surface area (Å²) in [6.07, 6.45) is 1.92. The summed E-state index contributed by atoms with van der Waals surface area (Å²) in [6, 6.07) is -0.285. The number of aliphatic hydroxyl groups is 1. The molecular weight excluding hydrogens is 260 g/mol. The fraction of sp³-hybridized carbons (Fsp3) is 0.769. The van der Waals surface area contributed by atoms with Crippen molar-refractivity contribution in [3.63, 3.8) is 0 Å². The van der Waals surface area contributed by atoms with Crippen LogP contribution in [0.1, 0.15) is 45.3 Å². The van der Waals surface area contributed by atoms with Crippen molar-refractivity contribution in [1.82, 2.24) is 20.8 Å². The standard InChI is InChI=1S/C13H22N4O3/c1-12(2,3)10-16-9(17-20-10)6-14-11(19)15-7-13(8-18)4-5-13/h18H,4-8H2,1-3H3,(H2,14,15,19). The van der Waals surface area contributed by atoms with Crippen molar-refractivity contribution in [2.24, 2.45) is 5.41 Å². The van der Waals surface area contributed by atoms with E-state index in [-0.39, 0.29) is 30.0 Å². The lowest BCUT2D eigenvalue weighted by atomic mass is 9.97. The molecule has 1 heterocycles.